The van der Waals surface area contributed by atoms with Gasteiger partial charge in [0.15, 0.2) is 22.4 Å². The Bertz CT molecular complexity index is 817. The highest BCUT2D eigenvalue weighted by atomic mass is 32.1. The van der Waals surface area contributed by atoms with Crippen LogP contribution in [0.15, 0.2) is 18.2 Å². The number of amides is 1. The van der Waals surface area contributed by atoms with Crippen LogP contribution in [-0.2, 0) is 4.79 Å². The Morgan fingerprint density at radius 3 is 2.36 bits per heavy atom. The first-order valence-electron chi connectivity index (χ1n) is 7.28. The molecule has 132 valence electrons. The zero-order valence-corrected chi connectivity index (χ0v) is 15.1. The number of nitrogens with one attached hydrogen (secondary N) is 1. The predicted molar refractivity (Wildman–Crippen MR) is 95.7 cm³/mol. The molecule has 0 aliphatic rings. The van der Waals surface area contributed by atoms with E-state index in [1.54, 1.807) is 25.1 Å². The summed E-state index contributed by atoms with van der Waals surface area (Å²) < 4.78 is 10.2. The first-order chi connectivity index (χ1) is 11.8. The fourth-order valence-corrected chi connectivity index (χ4v) is 3.02. The molecule has 2 aromatic rings. The Hall–Kier alpha value is -2.87. The van der Waals surface area contributed by atoms with Crippen LogP contribution in [0.2, 0.25) is 0 Å². The van der Waals surface area contributed by atoms with Crippen LogP contribution in [0, 0.1) is 6.92 Å². The molecule has 0 bridgehead atoms. The van der Waals surface area contributed by atoms with E-state index in [9.17, 15) is 14.7 Å². The lowest BCUT2D eigenvalue weighted by atomic mass is 10.1. The number of nitrogens with zero attached hydrogens (tertiary/aromatic N) is 1. The second-order valence-electron chi connectivity index (χ2n) is 5.09. The highest BCUT2D eigenvalue weighted by Gasteiger charge is 2.14. The number of benzene rings is 1. The van der Waals surface area contributed by atoms with E-state index in [4.69, 9.17) is 9.47 Å². The number of carbonyl (C=O) groups excluding carboxylic acids is 2. The second-order valence-corrected chi connectivity index (χ2v) is 6.09. The van der Waals surface area contributed by atoms with Gasteiger partial charge in [0.1, 0.15) is 0 Å². The Kier molecular flexibility index (Phi) is 5.76. The molecule has 1 aromatic heterocycles. The van der Waals surface area contributed by atoms with Crippen LogP contribution in [0.5, 0.6) is 17.2 Å². The van der Waals surface area contributed by atoms with Crippen molar-refractivity contribution >= 4 is 34.2 Å². The molecule has 2 rings (SSSR count). The lowest BCUT2D eigenvalue weighted by Gasteiger charge is -2.09. The fraction of sp³-hybridized carbons (Fsp3) is 0.235. The quantitative estimate of drug-likeness (QED) is 0.605. The topological polar surface area (TPSA) is 97.8 Å². The highest BCUT2D eigenvalue weighted by molar-refractivity contribution is 7.17. The smallest absolute Gasteiger partial charge is 0.223 e. The Balaban J connectivity index is 2.26. The van der Waals surface area contributed by atoms with E-state index < -0.39 is 0 Å². The number of hydrogen-bond acceptors (Lipinski definition) is 7. The van der Waals surface area contributed by atoms with E-state index in [1.807, 2.05) is 0 Å². The standard InChI is InChI=1S/C17H18N2O5S/c1-9-16(25-17(18-9)19-10(2)20)12(21)6-5-11-7-13(23-3)15(22)14(8-11)24-4/h5-8,22H,1-4H3,(H,18,19,20). The van der Waals surface area contributed by atoms with Gasteiger partial charge in [0.05, 0.1) is 24.8 Å². The zero-order chi connectivity index (χ0) is 18.6. The molecule has 0 aliphatic carbocycles. The highest BCUT2D eigenvalue weighted by Crippen LogP contribution is 2.37. The van der Waals surface area contributed by atoms with Crippen molar-refractivity contribution in [3.8, 4) is 17.2 Å². The summed E-state index contributed by atoms with van der Waals surface area (Å²) in [5.74, 6) is -0.0994. The number of ether oxygens (including phenoxy) is 2. The number of carbonyl (C=O) groups is 2. The summed E-state index contributed by atoms with van der Waals surface area (Å²) in [6, 6.07) is 3.17. The van der Waals surface area contributed by atoms with Gasteiger partial charge in [-0.1, -0.05) is 17.4 Å². The van der Waals surface area contributed by atoms with Crippen LogP contribution < -0.4 is 14.8 Å². The summed E-state index contributed by atoms with van der Waals surface area (Å²) in [5, 5.41) is 12.8. The van der Waals surface area contributed by atoms with Gasteiger partial charge < -0.3 is 19.9 Å². The van der Waals surface area contributed by atoms with Gasteiger partial charge in [-0.2, -0.15) is 0 Å². The van der Waals surface area contributed by atoms with Crippen LogP contribution in [0.25, 0.3) is 6.08 Å². The third-order valence-electron chi connectivity index (χ3n) is 3.23. The molecule has 0 fully saturated rings. The zero-order valence-electron chi connectivity index (χ0n) is 14.2. The maximum absolute atomic E-state index is 12.4. The summed E-state index contributed by atoms with van der Waals surface area (Å²) in [5.41, 5.74) is 1.17. The average Bonchev–Trinajstić information content (AvgIpc) is 2.93. The number of allylic oxidation sites excluding steroid dienone is 1. The number of ketones is 1. The maximum Gasteiger partial charge on any atom is 0.223 e. The van der Waals surface area contributed by atoms with Gasteiger partial charge in [-0.25, -0.2) is 4.98 Å². The molecule has 1 heterocycles. The summed E-state index contributed by atoms with van der Waals surface area (Å²) in [6.45, 7) is 3.08. The van der Waals surface area contributed by atoms with Gasteiger partial charge in [-0.15, -0.1) is 0 Å². The molecule has 0 aliphatic heterocycles. The molecule has 0 atom stereocenters. The van der Waals surface area contributed by atoms with Gasteiger partial charge in [-0.05, 0) is 30.7 Å². The summed E-state index contributed by atoms with van der Waals surface area (Å²) >= 11 is 1.12. The lowest BCUT2D eigenvalue weighted by molar-refractivity contribution is -0.114. The number of aromatic hydroxyl groups is 1. The first-order valence-corrected chi connectivity index (χ1v) is 8.09. The van der Waals surface area contributed by atoms with Crippen LogP contribution >= 0.6 is 11.3 Å². The normalized spacial score (nSPS) is 10.7. The Morgan fingerprint density at radius 2 is 1.84 bits per heavy atom. The van der Waals surface area contributed by atoms with Crippen molar-refractivity contribution in [3.63, 3.8) is 0 Å². The summed E-state index contributed by atoms with van der Waals surface area (Å²) in [7, 11) is 2.86. The van der Waals surface area contributed by atoms with Crippen molar-refractivity contribution in [1.82, 2.24) is 4.98 Å². The molecule has 0 saturated carbocycles. The Labute approximate surface area is 148 Å². The van der Waals surface area contributed by atoms with Crippen LogP contribution in [0.4, 0.5) is 5.13 Å². The number of phenolic OH excluding ortho intramolecular Hbond substituents is 1. The minimum atomic E-state index is -0.244. The largest absolute Gasteiger partial charge is 0.502 e. The van der Waals surface area contributed by atoms with Crippen LogP contribution in [-0.4, -0.2) is 36.0 Å². The van der Waals surface area contributed by atoms with E-state index in [0.717, 1.165) is 11.3 Å². The van der Waals surface area contributed by atoms with Crippen LogP contribution in [0.1, 0.15) is 27.9 Å². The number of anilines is 1. The number of aromatic nitrogens is 1. The van der Waals surface area contributed by atoms with Crippen molar-refractivity contribution in [2.75, 3.05) is 19.5 Å². The summed E-state index contributed by atoms with van der Waals surface area (Å²) in [4.78, 5) is 28.0. The van der Waals surface area contributed by atoms with Gasteiger partial charge in [0.2, 0.25) is 11.7 Å². The third-order valence-corrected chi connectivity index (χ3v) is 4.32. The first kappa shape index (κ1) is 18.5. The van der Waals surface area contributed by atoms with E-state index in [2.05, 4.69) is 10.3 Å². The van der Waals surface area contributed by atoms with E-state index in [1.165, 1.54) is 27.2 Å². The van der Waals surface area contributed by atoms with Crippen molar-refractivity contribution in [2.45, 2.75) is 13.8 Å². The summed E-state index contributed by atoms with van der Waals surface area (Å²) in [6.07, 6.45) is 2.98. The molecular weight excluding hydrogens is 344 g/mol. The lowest BCUT2D eigenvalue weighted by Crippen LogP contribution is -2.04. The third kappa shape index (κ3) is 4.36. The maximum atomic E-state index is 12.4. The molecule has 25 heavy (non-hydrogen) atoms. The van der Waals surface area contributed by atoms with Gasteiger partial charge in [-0.3, -0.25) is 9.59 Å². The number of methoxy groups -OCH3 is 2. The second kappa shape index (κ2) is 7.80. The minimum Gasteiger partial charge on any atom is -0.502 e. The average molecular weight is 362 g/mol. The van der Waals surface area contributed by atoms with Gasteiger partial charge in [0.25, 0.3) is 0 Å². The molecular formula is C17H18N2O5S. The number of aryl methyl sites for hydroxylation is 1. The SMILES string of the molecule is COc1cc(C=CC(=O)c2sc(NC(C)=O)nc2C)cc(OC)c1O. The predicted octanol–water partition coefficient (Wildman–Crippen LogP) is 3.03. The fourth-order valence-electron chi connectivity index (χ4n) is 2.09. The number of hydrogen-bond donors (Lipinski definition) is 2. The molecule has 0 spiro atoms. The van der Waals surface area contributed by atoms with E-state index in [-0.39, 0.29) is 28.9 Å². The Morgan fingerprint density at radius 1 is 1.24 bits per heavy atom. The minimum absolute atomic E-state index is 0.105. The van der Waals surface area contributed by atoms with Crippen molar-refractivity contribution in [1.29, 1.82) is 0 Å². The number of thiazole rings is 1. The molecule has 0 saturated heterocycles. The van der Waals surface area contributed by atoms with Gasteiger partial charge in [0, 0.05) is 6.92 Å². The van der Waals surface area contributed by atoms with Crippen LogP contribution in [0.3, 0.4) is 0 Å². The van der Waals surface area contributed by atoms with E-state index in [0.29, 0.717) is 21.3 Å². The number of phenols is 1. The van der Waals surface area contributed by atoms with Crippen molar-refractivity contribution < 1.29 is 24.2 Å². The molecule has 2 N–H and O–H groups in total. The van der Waals surface area contributed by atoms with Gasteiger partial charge >= 0.3 is 0 Å². The molecule has 8 heteroatoms. The number of rotatable bonds is 6. The monoisotopic (exact) mass is 362 g/mol. The molecule has 1 amide bonds. The van der Waals surface area contributed by atoms with Crippen molar-refractivity contribution in [3.05, 3.63) is 34.3 Å². The molecule has 0 unspecified atom stereocenters. The van der Waals surface area contributed by atoms with E-state index >= 15 is 0 Å². The molecule has 0 radical (unpaired) electrons. The molecule has 7 nitrogen and oxygen atoms in total. The molecule has 1 aromatic carbocycles. The van der Waals surface area contributed by atoms with Crippen molar-refractivity contribution in [2.24, 2.45) is 0 Å².